The van der Waals surface area contributed by atoms with Crippen LogP contribution < -0.4 is 0 Å². The number of aliphatic hydroxyl groups is 2. The van der Waals surface area contributed by atoms with Gasteiger partial charge in [-0.25, -0.2) is 4.68 Å². The lowest BCUT2D eigenvalue weighted by atomic mass is 9.92. The van der Waals surface area contributed by atoms with E-state index in [0.29, 0.717) is 12.8 Å². The minimum atomic E-state index is -0.924. The molecule has 1 aliphatic rings. The van der Waals surface area contributed by atoms with Gasteiger partial charge < -0.3 is 10.2 Å². The summed E-state index contributed by atoms with van der Waals surface area (Å²) in [5.74, 6) is 0. The normalized spacial score (nSPS) is 17.1. The molecule has 5 nitrogen and oxygen atoms in total. The Balaban J connectivity index is 1.62. The molecule has 0 amide bonds. The fraction of sp³-hybridized carbons (Fsp3) is 0.318. The molecule has 3 aromatic rings. The summed E-state index contributed by atoms with van der Waals surface area (Å²) in [6.07, 6.45) is 3.29. The van der Waals surface area contributed by atoms with Gasteiger partial charge >= 0.3 is 0 Å². The van der Waals surface area contributed by atoms with Crippen LogP contribution in [-0.4, -0.2) is 50.2 Å². The Morgan fingerprint density at radius 2 is 1.56 bits per heavy atom. The van der Waals surface area contributed by atoms with Gasteiger partial charge in [-0.3, -0.25) is 4.90 Å². The highest BCUT2D eigenvalue weighted by Crippen LogP contribution is 2.27. The van der Waals surface area contributed by atoms with Crippen molar-refractivity contribution < 1.29 is 10.2 Å². The van der Waals surface area contributed by atoms with Crippen LogP contribution in [0.1, 0.15) is 18.4 Å². The lowest BCUT2D eigenvalue weighted by Crippen LogP contribution is -2.46. The molecule has 5 heteroatoms. The molecule has 0 saturated carbocycles. The molecule has 0 atom stereocenters. The number of nitrogens with zero attached hydrogens (tertiary/aromatic N) is 3. The number of hydrogen-bond acceptors (Lipinski definition) is 4. The van der Waals surface area contributed by atoms with Gasteiger partial charge in [0, 0.05) is 37.0 Å². The molecule has 4 rings (SSSR count). The zero-order valence-electron chi connectivity index (χ0n) is 15.3. The monoisotopic (exact) mass is 363 g/mol. The van der Waals surface area contributed by atoms with Crippen molar-refractivity contribution >= 4 is 0 Å². The molecule has 2 heterocycles. The summed E-state index contributed by atoms with van der Waals surface area (Å²) in [6, 6.07) is 20.4. The Labute approximate surface area is 159 Å². The second-order valence-corrected chi connectivity index (χ2v) is 7.31. The van der Waals surface area contributed by atoms with E-state index in [0.717, 1.165) is 36.6 Å². The maximum absolute atomic E-state index is 10.3. The van der Waals surface area contributed by atoms with Crippen molar-refractivity contribution in [2.24, 2.45) is 0 Å². The number of benzene rings is 2. The molecule has 1 fully saturated rings. The van der Waals surface area contributed by atoms with Crippen molar-refractivity contribution in [3.05, 3.63) is 72.4 Å². The summed E-state index contributed by atoms with van der Waals surface area (Å²) in [4.78, 5) is 2.32. The van der Waals surface area contributed by atoms with Crippen LogP contribution in [0.25, 0.3) is 16.9 Å². The zero-order chi connectivity index (χ0) is 18.7. The molecular weight excluding hydrogens is 338 g/mol. The average Bonchev–Trinajstić information content (AvgIpc) is 3.15. The third-order valence-electron chi connectivity index (χ3n) is 5.33. The molecule has 2 N–H and O–H groups in total. The topological polar surface area (TPSA) is 61.5 Å². The van der Waals surface area contributed by atoms with Crippen molar-refractivity contribution in [2.75, 3.05) is 19.7 Å². The first-order valence-corrected chi connectivity index (χ1v) is 9.42. The predicted molar refractivity (Wildman–Crippen MR) is 106 cm³/mol. The quantitative estimate of drug-likeness (QED) is 0.732. The van der Waals surface area contributed by atoms with E-state index in [1.54, 1.807) is 0 Å². The molecule has 2 aromatic carbocycles. The van der Waals surface area contributed by atoms with Gasteiger partial charge in [-0.2, -0.15) is 5.10 Å². The Morgan fingerprint density at radius 1 is 0.926 bits per heavy atom. The summed E-state index contributed by atoms with van der Waals surface area (Å²) in [6.45, 7) is 2.14. The van der Waals surface area contributed by atoms with Gasteiger partial charge in [0.15, 0.2) is 0 Å². The van der Waals surface area contributed by atoms with Gasteiger partial charge in [-0.1, -0.05) is 48.5 Å². The molecule has 0 spiro atoms. The lowest BCUT2D eigenvalue weighted by molar-refractivity contribution is -0.0606. The second kappa shape index (κ2) is 7.64. The smallest absolute Gasteiger partial charge is 0.0972 e. The number of rotatable bonds is 5. The van der Waals surface area contributed by atoms with Gasteiger partial charge in [0.1, 0.15) is 0 Å². The van der Waals surface area contributed by atoms with Crippen molar-refractivity contribution in [1.82, 2.24) is 14.7 Å². The third kappa shape index (κ3) is 3.95. The molecular formula is C22H25N3O2. The van der Waals surface area contributed by atoms with Gasteiger partial charge in [0.05, 0.1) is 23.6 Å². The maximum Gasteiger partial charge on any atom is 0.0972 e. The second-order valence-electron chi connectivity index (χ2n) is 7.31. The molecule has 0 unspecified atom stereocenters. The molecule has 27 heavy (non-hydrogen) atoms. The van der Waals surface area contributed by atoms with Crippen LogP contribution in [0.3, 0.4) is 0 Å². The van der Waals surface area contributed by atoms with E-state index >= 15 is 0 Å². The number of aromatic nitrogens is 2. The van der Waals surface area contributed by atoms with Crippen LogP contribution in [0.5, 0.6) is 0 Å². The van der Waals surface area contributed by atoms with Crippen LogP contribution >= 0.6 is 0 Å². The van der Waals surface area contributed by atoms with E-state index in [-0.39, 0.29) is 6.61 Å². The van der Waals surface area contributed by atoms with E-state index in [4.69, 9.17) is 5.10 Å². The third-order valence-corrected chi connectivity index (χ3v) is 5.33. The van der Waals surface area contributed by atoms with Crippen LogP contribution in [0, 0.1) is 0 Å². The number of aliphatic hydroxyl groups excluding tert-OH is 1. The maximum atomic E-state index is 10.3. The molecule has 1 aliphatic heterocycles. The lowest BCUT2D eigenvalue weighted by Gasteiger charge is -2.36. The van der Waals surface area contributed by atoms with Crippen molar-refractivity contribution in [1.29, 1.82) is 0 Å². The van der Waals surface area contributed by atoms with Gasteiger partial charge in [-0.05, 0) is 25.0 Å². The van der Waals surface area contributed by atoms with Crippen LogP contribution in [-0.2, 0) is 6.54 Å². The number of para-hydroxylation sites is 1. The van der Waals surface area contributed by atoms with E-state index in [2.05, 4.69) is 23.2 Å². The summed E-state index contributed by atoms with van der Waals surface area (Å²) < 4.78 is 1.94. The molecule has 1 aromatic heterocycles. The standard InChI is InChI=1S/C22H25N3O2/c26-17-22(27)11-13-24(14-12-22)15-19-16-25(20-9-5-2-6-10-20)23-21(19)18-7-3-1-4-8-18/h1-10,16,26-27H,11-15,17H2. The van der Waals surface area contributed by atoms with E-state index in [1.165, 1.54) is 5.56 Å². The largest absolute Gasteiger partial charge is 0.393 e. The number of piperidine rings is 1. The van der Waals surface area contributed by atoms with E-state index in [9.17, 15) is 10.2 Å². The predicted octanol–water partition coefficient (Wildman–Crippen LogP) is 2.86. The van der Waals surface area contributed by atoms with E-state index < -0.39 is 5.60 Å². The van der Waals surface area contributed by atoms with E-state index in [1.807, 2.05) is 53.2 Å². The van der Waals surface area contributed by atoms with Gasteiger partial charge in [-0.15, -0.1) is 0 Å². The number of hydrogen-bond donors (Lipinski definition) is 2. The Kier molecular flexibility index (Phi) is 5.07. The Hall–Kier alpha value is -2.47. The first kappa shape index (κ1) is 17.9. The Bertz CT molecular complexity index is 869. The van der Waals surface area contributed by atoms with Crippen molar-refractivity contribution in [3.63, 3.8) is 0 Å². The summed E-state index contributed by atoms with van der Waals surface area (Å²) in [7, 11) is 0. The highest BCUT2D eigenvalue weighted by molar-refractivity contribution is 5.63. The van der Waals surface area contributed by atoms with Crippen molar-refractivity contribution in [2.45, 2.75) is 25.0 Å². The molecule has 140 valence electrons. The molecule has 1 saturated heterocycles. The van der Waals surface area contributed by atoms with Gasteiger partial charge in [0.2, 0.25) is 0 Å². The van der Waals surface area contributed by atoms with Crippen LogP contribution in [0.15, 0.2) is 66.9 Å². The first-order valence-electron chi connectivity index (χ1n) is 9.42. The summed E-state index contributed by atoms with van der Waals surface area (Å²) in [5.41, 5.74) is 3.37. The van der Waals surface area contributed by atoms with Crippen LogP contribution in [0.2, 0.25) is 0 Å². The minimum Gasteiger partial charge on any atom is -0.393 e. The first-order chi connectivity index (χ1) is 13.2. The fourth-order valence-electron chi connectivity index (χ4n) is 3.60. The molecule has 0 aliphatic carbocycles. The van der Waals surface area contributed by atoms with Gasteiger partial charge in [0.25, 0.3) is 0 Å². The SMILES string of the molecule is OCC1(O)CCN(Cc2cn(-c3ccccc3)nc2-c2ccccc2)CC1. The molecule has 0 bridgehead atoms. The fourth-order valence-corrected chi connectivity index (χ4v) is 3.60. The summed E-state index contributed by atoms with van der Waals surface area (Å²) in [5, 5.41) is 24.5. The highest BCUT2D eigenvalue weighted by Gasteiger charge is 2.31. The van der Waals surface area contributed by atoms with Crippen molar-refractivity contribution in [3.8, 4) is 16.9 Å². The number of likely N-dealkylation sites (tertiary alicyclic amines) is 1. The summed E-state index contributed by atoms with van der Waals surface area (Å²) >= 11 is 0. The molecule has 0 radical (unpaired) electrons. The average molecular weight is 363 g/mol. The Morgan fingerprint density at radius 3 is 2.19 bits per heavy atom. The van der Waals surface area contributed by atoms with Crippen LogP contribution in [0.4, 0.5) is 0 Å². The highest BCUT2D eigenvalue weighted by atomic mass is 16.3. The zero-order valence-corrected chi connectivity index (χ0v) is 15.3. The minimum absolute atomic E-state index is 0.165.